The Morgan fingerprint density at radius 2 is 2.10 bits per heavy atom. The summed E-state index contributed by atoms with van der Waals surface area (Å²) in [4.78, 5) is 22.6. The van der Waals surface area contributed by atoms with Crippen LogP contribution < -0.4 is 0 Å². The number of carboxylic acids is 1. The third-order valence-electron chi connectivity index (χ3n) is 2.85. The van der Waals surface area contributed by atoms with E-state index in [0.29, 0.717) is 16.3 Å². The molecule has 1 aromatic heterocycles. The number of carbonyl (C=O) groups is 2. The Hall–Kier alpha value is -2.14. The Morgan fingerprint density at radius 1 is 1.40 bits per heavy atom. The second kappa shape index (κ2) is 5.88. The van der Waals surface area contributed by atoms with Crippen molar-refractivity contribution in [2.24, 2.45) is 5.92 Å². The van der Waals surface area contributed by atoms with Gasteiger partial charge in [0.05, 0.1) is 10.9 Å². The lowest BCUT2D eigenvalue weighted by molar-refractivity contribution is -0.141. The molecule has 0 aliphatic rings. The molecule has 1 atom stereocenters. The second-order valence-electron chi connectivity index (χ2n) is 4.42. The smallest absolute Gasteiger partial charge is 0.306 e. The number of aliphatic carboxylic acids is 1. The van der Waals surface area contributed by atoms with E-state index in [4.69, 9.17) is 21.2 Å². The van der Waals surface area contributed by atoms with Gasteiger partial charge in [-0.15, -0.1) is 0 Å². The summed E-state index contributed by atoms with van der Waals surface area (Å²) >= 11 is 6.02. The van der Waals surface area contributed by atoms with Crippen LogP contribution in [0.1, 0.15) is 23.8 Å². The molecule has 0 saturated heterocycles. The van der Waals surface area contributed by atoms with Crippen LogP contribution in [0.25, 0.3) is 11.3 Å². The van der Waals surface area contributed by atoms with Crippen molar-refractivity contribution in [3.63, 3.8) is 0 Å². The van der Waals surface area contributed by atoms with E-state index < -0.39 is 11.9 Å². The van der Waals surface area contributed by atoms with Crippen LogP contribution in [0.2, 0.25) is 5.02 Å². The van der Waals surface area contributed by atoms with Gasteiger partial charge in [-0.2, -0.15) is 0 Å². The molecule has 2 aromatic rings. The van der Waals surface area contributed by atoms with Crippen LogP contribution in [-0.4, -0.2) is 22.0 Å². The van der Waals surface area contributed by atoms with Crippen molar-refractivity contribution in [1.82, 2.24) is 5.16 Å². The topological polar surface area (TPSA) is 80.4 Å². The molecule has 1 aromatic carbocycles. The highest BCUT2D eigenvalue weighted by Gasteiger charge is 2.20. The minimum absolute atomic E-state index is 0.105. The summed E-state index contributed by atoms with van der Waals surface area (Å²) in [6.07, 6.45) is -0.121. The van der Waals surface area contributed by atoms with Crippen LogP contribution in [0.15, 0.2) is 34.9 Å². The van der Waals surface area contributed by atoms with Crippen molar-refractivity contribution in [1.29, 1.82) is 0 Å². The highest BCUT2D eigenvalue weighted by Crippen LogP contribution is 2.28. The largest absolute Gasteiger partial charge is 0.481 e. The van der Waals surface area contributed by atoms with Crippen molar-refractivity contribution in [2.45, 2.75) is 13.3 Å². The predicted molar refractivity (Wildman–Crippen MR) is 72.7 cm³/mol. The highest BCUT2D eigenvalue weighted by atomic mass is 35.5. The predicted octanol–water partition coefficient (Wildman–Crippen LogP) is 3.29. The van der Waals surface area contributed by atoms with Gasteiger partial charge in [0.15, 0.2) is 11.5 Å². The van der Waals surface area contributed by atoms with Gasteiger partial charge in [-0.25, -0.2) is 0 Å². The van der Waals surface area contributed by atoms with E-state index in [1.807, 2.05) is 0 Å². The SMILES string of the molecule is C[C@H](CC(=O)c1cc(-c2ccccc2Cl)on1)C(=O)O. The zero-order valence-corrected chi connectivity index (χ0v) is 11.4. The van der Waals surface area contributed by atoms with E-state index >= 15 is 0 Å². The van der Waals surface area contributed by atoms with Gasteiger partial charge in [0, 0.05) is 18.1 Å². The van der Waals surface area contributed by atoms with Gasteiger partial charge >= 0.3 is 5.97 Å². The van der Waals surface area contributed by atoms with Gasteiger partial charge in [0.1, 0.15) is 5.69 Å². The molecule has 0 aliphatic carbocycles. The van der Waals surface area contributed by atoms with Crippen LogP contribution in [0.4, 0.5) is 0 Å². The maximum absolute atomic E-state index is 11.9. The molecule has 0 spiro atoms. The van der Waals surface area contributed by atoms with Gasteiger partial charge in [0.25, 0.3) is 0 Å². The van der Waals surface area contributed by atoms with Crippen LogP contribution in [0, 0.1) is 5.92 Å². The van der Waals surface area contributed by atoms with Crippen LogP contribution >= 0.6 is 11.6 Å². The van der Waals surface area contributed by atoms with Crippen molar-refractivity contribution in [3.8, 4) is 11.3 Å². The molecule has 1 N–H and O–H groups in total. The summed E-state index contributed by atoms with van der Waals surface area (Å²) in [7, 11) is 0. The van der Waals surface area contributed by atoms with Crippen molar-refractivity contribution < 1.29 is 19.2 Å². The van der Waals surface area contributed by atoms with Crippen LogP contribution in [0.3, 0.4) is 0 Å². The zero-order valence-electron chi connectivity index (χ0n) is 10.7. The molecule has 0 amide bonds. The van der Waals surface area contributed by atoms with Gasteiger partial charge in [-0.3, -0.25) is 9.59 Å². The lowest BCUT2D eigenvalue weighted by Crippen LogP contribution is -2.14. The first-order chi connectivity index (χ1) is 9.49. The molecule has 0 fully saturated rings. The molecule has 6 heteroatoms. The summed E-state index contributed by atoms with van der Waals surface area (Å²) in [6.45, 7) is 1.47. The average Bonchev–Trinajstić information content (AvgIpc) is 2.88. The molecular formula is C14H12ClNO4. The number of aromatic nitrogens is 1. The zero-order chi connectivity index (χ0) is 14.7. The lowest BCUT2D eigenvalue weighted by Gasteiger charge is -2.01. The molecule has 5 nitrogen and oxygen atoms in total. The van der Waals surface area contributed by atoms with Gasteiger partial charge in [0.2, 0.25) is 0 Å². The number of nitrogens with zero attached hydrogens (tertiary/aromatic N) is 1. The number of hydrogen-bond acceptors (Lipinski definition) is 4. The fourth-order valence-electron chi connectivity index (χ4n) is 1.66. The van der Waals surface area contributed by atoms with Crippen molar-refractivity contribution >= 4 is 23.4 Å². The molecule has 0 radical (unpaired) electrons. The minimum atomic E-state index is -1.02. The maximum Gasteiger partial charge on any atom is 0.306 e. The quantitative estimate of drug-likeness (QED) is 0.856. The summed E-state index contributed by atoms with van der Waals surface area (Å²) in [5, 5.41) is 12.9. The Balaban J connectivity index is 2.19. The van der Waals surface area contributed by atoms with E-state index in [-0.39, 0.29) is 17.9 Å². The average molecular weight is 294 g/mol. The number of benzene rings is 1. The third-order valence-corrected chi connectivity index (χ3v) is 3.18. The number of hydrogen-bond donors (Lipinski definition) is 1. The van der Waals surface area contributed by atoms with Crippen LogP contribution in [0.5, 0.6) is 0 Å². The Labute approximate surface area is 120 Å². The molecule has 2 rings (SSSR count). The molecule has 0 saturated carbocycles. The summed E-state index contributed by atoms with van der Waals surface area (Å²) in [6, 6.07) is 8.49. The van der Waals surface area contributed by atoms with Crippen molar-refractivity contribution in [3.05, 3.63) is 41.0 Å². The van der Waals surface area contributed by atoms with Crippen molar-refractivity contribution in [2.75, 3.05) is 0 Å². The summed E-state index contributed by atoms with van der Waals surface area (Å²) in [5.74, 6) is -1.78. The first kappa shape index (κ1) is 14.3. The fraction of sp³-hybridized carbons (Fsp3) is 0.214. The number of carboxylic acid groups (broad SMARTS) is 1. The number of halogens is 1. The van der Waals surface area contributed by atoms with E-state index in [1.165, 1.54) is 13.0 Å². The Bertz CT molecular complexity index is 650. The minimum Gasteiger partial charge on any atom is -0.481 e. The first-order valence-electron chi connectivity index (χ1n) is 5.96. The van der Waals surface area contributed by atoms with Gasteiger partial charge in [-0.05, 0) is 12.1 Å². The van der Waals surface area contributed by atoms with E-state index in [9.17, 15) is 9.59 Å². The molecule has 1 heterocycles. The van der Waals surface area contributed by atoms with Crippen LogP contribution in [-0.2, 0) is 4.79 Å². The molecular weight excluding hydrogens is 282 g/mol. The third kappa shape index (κ3) is 3.05. The number of carbonyl (C=O) groups excluding carboxylic acids is 1. The Morgan fingerprint density at radius 3 is 2.75 bits per heavy atom. The van der Waals surface area contributed by atoms with Gasteiger partial charge in [-0.1, -0.05) is 35.8 Å². The van der Waals surface area contributed by atoms with E-state index in [1.54, 1.807) is 24.3 Å². The van der Waals surface area contributed by atoms with E-state index in [2.05, 4.69) is 5.16 Å². The first-order valence-corrected chi connectivity index (χ1v) is 6.34. The Kier molecular flexibility index (Phi) is 4.20. The molecule has 20 heavy (non-hydrogen) atoms. The molecule has 0 aliphatic heterocycles. The van der Waals surface area contributed by atoms with Gasteiger partial charge < -0.3 is 9.63 Å². The molecule has 0 bridgehead atoms. The summed E-state index contributed by atoms with van der Waals surface area (Å²) in [5.41, 5.74) is 0.736. The number of Topliss-reactive ketones (excluding diaryl/α,β-unsaturated/α-hetero) is 1. The second-order valence-corrected chi connectivity index (χ2v) is 4.83. The number of rotatable bonds is 5. The maximum atomic E-state index is 11.9. The molecule has 104 valence electrons. The standard InChI is InChI=1S/C14H12ClNO4/c1-8(14(18)19)6-12(17)11-7-13(20-16-11)9-4-2-3-5-10(9)15/h2-5,7-8H,6H2,1H3,(H,18,19)/t8-/m1/s1. The molecule has 0 unspecified atom stereocenters. The monoisotopic (exact) mass is 293 g/mol. The van der Waals surface area contributed by atoms with E-state index in [0.717, 1.165) is 0 Å². The highest BCUT2D eigenvalue weighted by molar-refractivity contribution is 6.33. The number of ketones is 1. The lowest BCUT2D eigenvalue weighted by atomic mass is 10.0. The summed E-state index contributed by atoms with van der Waals surface area (Å²) < 4.78 is 5.09. The normalized spacial score (nSPS) is 12.1. The fourth-order valence-corrected chi connectivity index (χ4v) is 1.89.